The van der Waals surface area contributed by atoms with Crippen LogP contribution >= 0.6 is 11.6 Å². The maximum Gasteiger partial charge on any atom is 0.240 e. The summed E-state index contributed by atoms with van der Waals surface area (Å²) in [6, 6.07) is 8.74. The molecule has 0 fully saturated rings. The first-order valence-corrected chi connectivity index (χ1v) is 9.61. The summed E-state index contributed by atoms with van der Waals surface area (Å²) in [5.74, 6) is 1.34. The standard InChI is InChI=1S/C18H22ClNO4S/c1-12-8-18(13(2)7-17(12)19)25(21,22)20-6-5-14-9-15(23-3)11-16(10-14)24-4/h7-11,20H,5-6H2,1-4H3. The fourth-order valence-corrected chi connectivity index (χ4v) is 4.02. The van der Waals surface area contributed by atoms with Crippen molar-refractivity contribution in [1.82, 2.24) is 4.72 Å². The summed E-state index contributed by atoms with van der Waals surface area (Å²) in [5.41, 5.74) is 2.26. The van der Waals surface area contributed by atoms with Crippen LogP contribution in [0.3, 0.4) is 0 Å². The molecule has 1 N–H and O–H groups in total. The lowest BCUT2D eigenvalue weighted by Gasteiger charge is -2.12. The summed E-state index contributed by atoms with van der Waals surface area (Å²) in [4.78, 5) is 0.248. The molecule has 2 aromatic carbocycles. The van der Waals surface area contributed by atoms with Crippen LogP contribution in [-0.2, 0) is 16.4 Å². The molecule has 7 heteroatoms. The van der Waals surface area contributed by atoms with E-state index in [1.54, 1.807) is 46.3 Å². The van der Waals surface area contributed by atoms with Gasteiger partial charge in [0.05, 0.1) is 19.1 Å². The number of methoxy groups -OCH3 is 2. The topological polar surface area (TPSA) is 64.6 Å². The number of benzene rings is 2. The van der Waals surface area contributed by atoms with Gasteiger partial charge in [-0.25, -0.2) is 13.1 Å². The first kappa shape index (κ1) is 19.6. The largest absolute Gasteiger partial charge is 0.497 e. The maximum atomic E-state index is 12.5. The SMILES string of the molecule is COc1cc(CCNS(=O)(=O)c2cc(C)c(Cl)cc2C)cc(OC)c1. The molecule has 2 aromatic rings. The predicted octanol–water partition coefficient (Wildman–Crippen LogP) is 3.50. The van der Waals surface area contributed by atoms with Gasteiger partial charge in [-0.2, -0.15) is 0 Å². The summed E-state index contributed by atoms with van der Waals surface area (Å²) >= 11 is 6.04. The Morgan fingerprint density at radius 3 is 2.12 bits per heavy atom. The number of nitrogens with one attached hydrogen (secondary N) is 1. The molecule has 0 aliphatic rings. The number of hydrogen-bond acceptors (Lipinski definition) is 4. The average molecular weight is 384 g/mol. The van der Waals surface area contributed by atoms with Crippen LogP contribution in [0.2, 0.25) is 5.02 Å². The number of halogens is 1. The molecule has 0 unspecified atom stereocenters. The summed E-state index contributed by atoms with van der Waals surface area (Å²) < 4.78 is 38.2. The van der Waals surface area contributed by atoms with E-state index >= 15 is 0 Å². The van der Waals surface area contributed by atoms with Crippen LogP contribution in [0.15, 0.2) is 35.2 Å². The lowest BCUT2D eigenvalue weighted by atomic mass is 10.1. The van der Waals surface area contributed by atoms with Gasteiger partial charge in [0.1, 0.15) is 11.5 Å². The van der Waals surface area contributed by atoms with Gasteiger partial charge in [0.25, 0.3) is 0 Å². The third kappa shape index (κ3) is 4.87. The van der Waals surface area contributed by atoms with Gasteiger partial charge in [0, 0.05) is 17.6 Å². The molecule has 0 saturated heterocycles. The van der Waals surface area contributed by atoms with E-state index in [2.05, 4.69) is 4.72 Å². The highest BCUT2D eigenvalue weighted by molar-refractivity contribution is 7.89. The zero-order chi connectivity index (χ0) is 18.6. The van der Waals surface area contributed by atoms with Gasteiger partial charge in [0.15, 0.2) is 0 Å². The van der Waals surface area contributed by atoms with E-state index < -0.39 is 10.0 Å². The molecule has 0 bridgehead atoms. The van der Waals surface area contributed by atoms with Gasteiger partial charge in [-0.3, -0.25) is 0 Å². The van der Waals surface area contributed by atoms with Crippen LogP contribution in [-0.4, -0.2) is 29.2 Å². The van der Waals surface area contributed by atoms with Crippen molar-refractivity contribution in [3.05, 3.63) is 52.0 Å². The Kier molecular flexibility index (Phi) is 6.32. The molecule has 2 rings (SSSR count). The number of ether oxygens (including phenoxy) is 2. The number of aryl methyl sites for hydroxylation is 2. The van der Waals surface area contributed by atoms with Crippen LogP contribution in [0.1, 0.15) is 16.7 Å². The molecule has 136 valence electrons. The maximum absolute atomic E-state index is 12.5. The third-order valence-electron chi connectivity index (χ3n) is 3.86. The molecular formula is C18H22ClNO4S. The monoisotopic (exact) mass is 383 g/mol. The molecule has 0 spiro atoms. The van der Waals surface area contributed by atoms with Crippen LogP contribution in [0, 0.1) is 13.8 Å². The van der Waals surface area contributed by atoms with Gasteiger partial charge in [-0.15, -0.1) is 0 Å². The van der Waals surface area contributed by atoms with E-state index in [0.29, 0.717) is 28.5 Å². The summed E-state index contributed by atoms with van der Waals surface area (Å²) in [5, 5.41) is 0.555. The van der Waals surface area contributed by atoms with E-state index in [1.807, 2.05) is 12.1 Å². The molecule has 0 amide bonds. The lowest BCUT2D eigenvalue weighted by molar-refractivity contribution is 0.393. The fraction of sp³-hybridized carbons (Fsp3) is 0.333. The van der Waals surface area contributed by atoms with E-state index in [0.717, 1.165) is 11.1 Å². The van der Waals surface area contributed by atoms with Crippen molar-refractivity contribution >= 4 is 21.6 Å². The Morgan fingerprint density at radius 2 is 1.56 bits per heavy atom. The number of sulfonamides is 1. The highest BCUT2D eigenvalue weighted by Gasteiger charge is 2.17. The molecule has 0 atom stereocenters. The fourth-order valence-electron chi connectivity index (χ4n) is 2.46. The van der Waals surface area contributed by atoms with Crippen LogP contribution in [0.5, 0.6) is 11.5 Å². The molecule has 25 heavy (non-hydrogen) atoms. The van der Waals surface area contributed by atoms with E-state index in [-0.39, 0.29) is 11.4 Å². The van der Waals surface area contributed by atoms with Crippen molar-refractivity contribution in [3.8, 4) is 11.5 Å². The van der Waals surface area contributed by atoms with Crippen LogP contribution in [0.4, 0.5) is 0 Å². The van der Waals surface area contributed by atoms with E-state index in [4.69, 9.17) is 21.1 Å². The second kappa shape index (κ2) is 8.08. The van der Waals surface area contributed by atoms with Crippen molar-refractivity contribution in [2.45, 2.75) is 25.2 Å². The molecule has 0 saturated carbocycles. The molecule has 0 heterocycles. The van der Waals surface area contributed by atoms with Crippen molar-refractivity contribution in [2.24, 2.45) is 0 Å². The quantitative estimate of drug-likeness (QED) is 0.794. The zero-order valence-corrected chi connectivity index (χ0v) is 16.3. The minimum Gasteiger partial charge on any atom is -0.497 e. The highest BCUT2D eigenvalue weighted by Crippen LogP contribution is 2.24. The zero-order valence-electron chi connectivity index (χ0n) is 14.7. The molecular weight excluding hydrogens is 362 g/mol. The average Bonchev–Trinajstić information content (AvgIpc) is 2.57. The summed E-state index contributed by atoms with van der Waals surface area (Å²) in [6.07, 6.45) is 0.512. The number of rotatable bonds is 7. The Morgan fingerprint density at radius 1 is 0.960 bits per heavy atom. The Hall–Kier alpha value is -1.76. The van der Waals surface area contributed by atoms with Crippen molar-refractivity contribution < 1.29 is 17.9 Å². The van der Waals surface area contributed by atoms with Crippen molar-refractivity contribution in [3.63, 3.8) is 0 Å². The van der Waals surface area contributed by atoms with Crippen LogP contribution < -0.4 is 14.2 Å². The van der Waals surface area contributed by atoms with Crippen LogP contribution in [0.25, 0.3) is 0 Å². The van der Waals surface area contributed by atoms with Gasteiger partial charge >= 0.3 is 0 Å². The van der Waals surface area contributed by atoms with Gasteiger partial charge in [0.2, 0.25) is 10.0 Å². The van der Waals surface area contributed by atoms with Gasteiger partial charge in [-0.05, 0) is 61.2 Å². The van der Waals surface area contributed by atoms with E-state index in [9.17, 15) is 8.42 Å². The third-order valence-corrected chi connectivity index (χ3v) is 5.87. The molecule has 0 radical (unpaired) electrons. The van der Waals surface area contributed by atoms with Crippen molar-refractivity contribution in [1.29, 1.82) is 0 Å². The lowest BCUT2D eigenvalue weighted by Crippen LogP contribution is -2.26. The molecule has 5 nitrogen and oxygen atoms in total. The summed E-state index contributed by atoms with van der Waals surface area (Å²) in [7, 11) is -0.450. The second-order valence-corrected chi connectivity index (χ2v) is 7.88. The molecule has 0 aliphatic heterocycles. The second-order valence-electron chi connectivity index (χ2n) is 5.74. The Balaban J connectivity index is 2.12. The minimum absolute atomic E-state index is 0.248. The molecule has 0 aliphatic carbocycles. The minimum atomic E-state index is -3.60. The summed E-state index contributed by atoms with van der Waals surface area (Å²) in [6.45, 7) is 3.77. The van der Waals surface area contributed by atoms with E-state index in [1.165, 1.54) is 0 Å². The first-order valence-electron chi connectivity index (χ1n) is 7.75. The van der Waals surface area contributed by atoms with Gasteiger partial charge < -0.3 is 9.47 Å². The normalized spacial score (nSPS) is 11.4. The predicted molar refractivity (Wildman–Crippen MR) is 99.4 cm³/mol. The first-order chi connectivity index (χ1) is 11.8. The Bertz CT molecular complexity index is 843. The number of hydrogen-bond donors (Lipinski definition) is 1. The highest BCUT2D eigenvalue weighted by atomic mass is 35.5. The molecule has 0 aromatic heterocycles. The van der Waals surface area contributed by atoms with Gasteiger partial charge in [-0.1, -0.05) is 11.6 Å². The Labute approximate surface area is 154 Å². The smallest absolute Gasteiger partial charge is 0.240 e. The van der Waals surface area contributed by atoms with Crippen molar-refractivity contribution in [2.75, 3.05) is 20.8 Å².